The van der Waals surface area contributed by atoms with Crippen molar-refractivity contribution < 1.29 is 4.42 Å². The van der Waals surface area contributed by atoms with Gasteiger partial charge in [-0.15, -0.1) is 0 Å². The zero-order valence-corrected chi connectivity index (χ0v) is 7.29. The lowest BCUT2D eigenvalue weighted by Crippen LogP contribution is -2.17. The van der Waals surface area contributed by atoms with Crippen molar-refractivity contribution in [2.45, 2.75) is 12.8 Å². The van der Waals surface area contributed by atoms with Crippen molar-refractivity contribution in [2.24, 2.45) is 0 Å². The molecule has 4 nitrogen and oxygen atoms in total. The van der Waals surface area contributed by atoms with E-state index in [0.717, 1.165) is 25.9 Å². The summed E-state index contributed by atoms with van der Waals surface area (Å²) in [5.41, 5.74) is 6.02. The minimum atomic E-state index is 0.318. The van der Waals surface area contributed by atoms with E-state index >= 15 is 0 Å². The van der Waals surface area contributed by atoms with Crippen LogP contribution in [-0.4, -0.2) is 13.1 Å². The number of nitrogen functional groups attached to an aromatic ring is 1. The molecule has 0 bridgehead atoms. The molecule has 1 aromatic rings. The highest BCUT2D eigenvalue weighted by Crippen LogP contribution is 2.28. The molecule has 2 N–H and O–H groups in total. The Morgan fingerprint density at radius 1 is 1.46 bits per heavy atom. The van der Waals surface area contributed by atoms with Gasteiger partial charge in [0, 0.05) is 19.2 Å². The summed E-state index contributed by atoms with van der Waals surface area (Å²) in [4.78, 5) is 2.06. The third-order valence-corrected chi connectivity index (χ3v) is 2.25. The fourth-order valence-corrected chi connectivity index (χ4v) is 1.64. The van der Waals surface area contributed by atoms with Crippen LogP contribution in [0.3, 0.4) is 0 Å². The number of rotatable bonds is 1. The molecule has 0 aliphatic carbocycles. The van der Waals surface area contributed by atoms with Gasteiger partial charge in [-0.1, -0.05) is 0 Å². The summed E-state index contributed by atoms with van der Waals surface area (Å²) in [7, 11) is 0. The number of furan rings is 1. The van der Waals surface area contributed by atoms with E-state index < -0.39 is 0 Å². The standard InChI is InChI=1S/C9H11N3O/c10-6-7-5-8(11)13-9(7)12-3-1-2-4-12/h5H,1-4,11H2. The van der Waals surface area contributed by atoms with Crippen molar-refractivity contribution in [1.29, 1.82) is 5.26 Å². The average Bonchev–Trinajstić information content (AvgIpc) is 2.71. The van der Waals surface area contributed by atoms with Gasteiger partial charge in [0.15, 0.2) is 5.88 Å². The molecule has 1 aliphatic heterocycles. The summed E-state index contributed by atoms with van der Waals surface area (Å²) in [6.07, 6.45) is 2.32. The van der Waals surface area contributed by atoms with Crippen LogP contribution in [0.2, 0.25) is 0 Å². The second-order valence-corrected chi connectivity index (χ2v) is 3.17. The van der Waals surface area contributed by atoms with Crippen LogP contribution in [0.1, 0.15) is 18.4 Å². The van der Waals surface area contributed by atoms with E-state index in [4.69, 9.17) is 15.4 Å². The maximum Gasteiger partial charge on any atom is 0.216 e. The number of nitrogens with zero attached hydrogens (tertiary/aromatic N) is 2. The van der Waals surface area contributed by atoms with Gasteiger partial charge in [0.1, 0.15) is 11.6 Å². The second kappa shape index (κ2) is 3.02. The van der Waals surface area contributed by atoms with Crippen LogP contribution in [0.25, 0.3) is 0 Å². The lowest BCUT2D eigenvalue weighted by atomic mass is 10.3. The molecule has 2 heterocycles. The first-order chi connectivity index (χ1) is 6.31. The van der Waals surface area contributed by atoms with Gasteiger partial charge < -0.3 is 15.1 Å². The lowest BCUT2D eigenvalue weighted by molar-refractivity contribution is 0.574. The van der Waals surface area contributed by atoms with Crippen LogP contribution in [0, 0.1) is 11.3 Å². The molecule has 68 valence electrons. The first kappa shape index (κ1) is 7.99. The van der Waals surface area contributed by atoms with Gasteiger partial charge in [-0.2, -0.15) is 5.26 Å². The molecule has 0 amide bonds. The summed E-state index contributed by atoms with van der Waals surface area (Å²) in [6.45, 7) is 1.92. The third-order valence-electron chi connectivity index (χ3n) is 2.25. The molecule has 2 rings (SSSR count). The molecule has 0 saturated carbocycles. The minimum Gasteiger partial charge on any atom is -0.424 e. The summed E-state index contributed by atoms with van der Waals surface area (Å²) in [6, 6.07) is 3.65. The highest BCUT2D eigenvalue weighted by atomic mass is 16.4. The monoisotopic (exact) mass is 177 g/mol. The molecule has 0 aromatic carbocycles. The fraction of sp³-hybridized carbons (Fsp3) is 0.444. The zero-order chi connectivity index (χ0) is 9.26. The van der Waals surface area contributed by atoms with Gasteiger partial charge in [-0.25, -0.2) is 0 Å². The molecule has 13 heavy (non-hydrogen) atoms. The number of nitriles is 1. The summed E-state index contributed by atoms with van der Waals surface area (Å²) in [5, 5.41) is 8.80. The first-order valence-electron chi connectivity index (χ1n) is 4.35. The fourth-order valence-electron chi connectivity index (χ4n) is 1.64. The van der Waals surface area contributed by atoms with E-state index in [2.05, 4.69) is 11.0 Å². The van der Waals surface area contributed by atoms with Gasteiger partial charge in [-0.3, -0.25) is 0 Å². The zero-order valence-electron chi connectivity index (χ0n) is 7.29. The van der Waals surface area contributed by atoms with E-state index in [0.29, 0.717) is 17.3 Å². The minimum absolute atomic E-state index is 0.318. The number of nitrogens with two attached hydrogens (primary N) is 1. The summed E-state index contributed by atoms with van der Waals surface area (Å²) >= 11 is 0. The molecule has 4 heteroatoms. The highest BCUT2D eigenvalue weighted by molar-refractivity contribution is 5.57. The topological polar surface area (TPSA) is 66.2 Å². The van der Waals surface area contributed by atoms with E-state index in [1.54, 1.807) is 6.07 Å². The molecule has 1 aliphatic rings. The Morgan fingerprint density at radius 2 is 2.15 bits per heavy atom. The van der Waals surface area contributed by atoms with Crippen molar-refractivity contribution >= 4 is 11.8 Å². The first-order valence-corrected chi connectivity index (χ1v) is 4.35. The van der Waals surface area contributed by atoms with Crippen LogP contribution >= 0.6 is 0 Å². The Balaban J connectivity index is 2.33. The molecule has 0 radical (unpaired) electrons. The lowest BCUT2D eigenvalue weighted by Gasteiger charge is -2.13. The summed E-state index contributed by atoms with van der Waals surface area (Å²) in [5.74, 6) is 0.955. The van der Waals surface area contributed by atoms with Gasteiger partial charge in [0.2, 0.25) is 5.88 Å². The second-order valence-electron chi connectivity index (χ2n) is 3.17. The van der Waals surface area contributed by atoms with Crippen molar-refractivity contribution in [3.8, 4) is 6.07 Å². The van der Waals surface area contributed by atoms with Crippen molar-refractivity contribution in [3.63, 3.8) is 0 Å². The van der Waals surface area contributed by atoms with Crippen LogP contribution in [0.4, 0.5) is 11.8 Å². The van der Waals surface area contributed by atoms with Crippen molar-refractivity contribution in [1.82, 2.24) is 0 Å². The normalized spacial score (nSPS) is 16.1. The van der Waals surface area contributed by atoms with Crippen LogP contribution in [-0.2, 0) is 0 Å². The largest absolute Gasteiger partial charge is 0.424 e. The van der Waals surface area contributed by atoms with E-state index in [1.807, 2.05) is 0 Å². The molecule has 1 saturated heterocycles. The van der Waals surface area contributed by atoms with E-state index in [1.165, 1.54) is 0 Å². The highest BCUT2D eigenvalue weighted by Gasteiger charge is 2.19. The molecule has 0 spiro atoms. The molecular formula is C9H11N3O. The molecule has 1 fully saturated rings. The van der Waals surface area contributed by atoms with Crippen LogP contribution in [0.15, 0.2) is 10.5 Å². The van der Waals surface area contributed by atoms with Gasteiger partial charge in [-0.05, 0) is 12.8 Å². The van der Waals surface area contributed by atoms with Crippen LogP contribution in [0.5, 0.6) is 0 Å². The smallest absolute Gasteiger partial charge is 0.216 e. The van der Waals surface area contributed by atoms with Crippen molar-refractivity contribution in [2.75, 3.05) is 23.7 Å². The van der Waals surface area contributed by atoms with Gasteiger partial charge >= 0.3 is 0 Å². The summed E-state index contributed by atoms with van der Waals surface area (Å²) < 4.78 is 5.27. The molecular weight excluding hydrogens is 166 g/mol. The quantitative estimate of drug-likeness (QED) is 0.702. The Bertz CT molecular complexity index is 344. The maximum absolute atomic E-state index is 8.80. The SMILES string of the molecule is N#Cc1cc(N)oc1N1CCCC1. The van der Waals surface area contributed by atoms with Crippen molar-refractivity contribution in [3.05, 3.63) is 11.6 Å². The average molecular weight is 177 g/mol. The number of hydrogen-bond acceptors (Lipinski definition) is 4. The Hall–Kier alpha value is -1.63. The number of hydrogen-bond donors (Lipinski definition) is 1. The molecule has 0 unspecified atom stereocenters. The predicted molar refractivity (Wildman–Crippen MR) is 49.3 cm³/mol. The molecule has 0 atom stereocenters. The Labute approximate surface area is 76.5 Å². The Morgan fingerprint density at radius 3 is 2.77 bits per heavy atom. The Kier molecular flexibility index (Phi) is 1.85. The molecule has 1 aromatic heterocycles. The van der Waals surface area contributed by atoms with Gasteiger partial charge in [0.05, 0.1) is 0 Å². The third kappa shape index (κ3) is 1.33. The number of anilines is 2. The maximum atomic E-state index is 8.80. The van der Waals surface area contributed by atoms with Gasteiger partial charge in [0.25, 0.3) is 0 Å². The van der Waals surface area contributed by atoms with Crippen LogP contribution < -0.4 is 10.6 Å². The van der Waals surface area contributed by atoms with E-state index in [9.17, 15) is 0 Å². The van der Waals surface area contributed by atoms with E-state index in [-0.39, 0.29) is 0 Å². The predicted octanol–water partition coefficient (Wildman–Crippen LogP) is 1.33.